The monoisotopic (exact) mass is 521 g/mol. The molecule has 3 heterocycles. The number of fused-ring (bicyclic) bond motifs is 6. The van der Waals surface area contributed by atoms with Crippen molar-refractivity contribution >= 4 is 11.4 Å². The first kappa shape index (κ1) is 24.5. The standard InChI is InChI=1S/C35H31N5/c1-34(2,3)30-26(20-12-8-7-9-13-20)27(25-18-19-36-40-39-25)29-28-24(38-33(29)31(30)35(4,5)6)17-16-22-21-14-10-11-15-23(21)37-32(22)28/h7-19H,1-6H3. The van der Waals surface area contributed by atoms with Gasteiger partial charge in [-0.2, -0.15) is 0 Å². The Kier molecular flexibility index (Phi) is 5.21. The van der Waals surface area contributed by atoms with Gasteiger partial charge >= 0.3 is 0 Å². The zero-order valence-corrected chi connectivity index (χ0v) is 23.7. The third-order valence-electron chi connectivity index (χ3n) is 7.86. The van der Waals surface area contributed by atoms with Crippen LogP contribution in [0.5, 0.6) is 0 Å². The Morgan fingerprint density at radius 2 is 1.23 bits per heavy atom. The van der Waals surface area contributed by atoms with Gasteiger partial charge in [0.15, 0.2) is 0 Å². The second-order valence-electron chi connectivity index (χ2n) is 12.7. The summed E-state index contributed by atoms with van der Waals surface area (Å²) in [6.07, 6.45) is 1.72. The fraction of sp³-hybridized carbons (Fsp3) is 0.229. The second-order valence-corrected chi connectivity index (χ2v) is 12.7. The van der Waals surface area contributed by atoms with Gasteiger partial charge in [0.25, 0.3) is 0 Å². The van der Waals surface area contributed by atoms with Crippen molar-refractivity contribution in [2.45, 2.75) is 52.4 Å². The zero-order chi connectivity index (χ0) is 27.8. The molecule has 0 N–H and O–H groups in total. The van der Waals surface area contributed by atoms with E-state index in [-0.39, 0.29) is 10.8 Å². The quantitative estimate of drug-likeness (QED) is 0.240. The maximum absolute atomic E-state index is 5.39. The molecular formula is C35H31N5. The Bertz CT molecular complexity index is 2050. The van der Waals surface area contributed by atoms with E-state index in [1.807, 2.05) is 12.1 Å². The highest BCUT2D eigenvalue weighted by Gasteiger charge is 2.38. The van der Waals surface area contributed by atoms with Gasteiger partial charge in [-0.3, -0.25) is 0 Å². The Morgan fingerprint density at radius 1 is 0.525 bits per heavy atom. The van der Waals surface area contributed by atoms with Gasteiger partial charge in [-0.05, 0) is 62.6 Å². The Balaban J connectivity index is 1.77. The minimum absolute atomic E-state index is 0.173. The van der Waals surface area contributed by atoms with Crippen molar-refractivity contribution in [3.8, 4) is 33.5 Å². The average molecular weight is 522 g/mol. The molecule has 7 rings (SSSR count). The van der Waals surface area contributed by atoms with Gasteiger partial charge < -0.3 is 0 Å². The van der Waals surface area contributed by atoms with Crippen LogP contribution in [0.4, 0.5) is 11.4 Å². The lowest BCUT2D eigenvalue weighted by atomic mass is 9.68. The average Bonchev–Trinajstić information content (AvgIpc) is 3.50. The lowest BCUT2D eigenvalue weighted by Crippen LogP contribution is -2.24. The summed E-state index contributed by atoms with van der Waals surface area (Å²) in [7, 11) is 0. The van der Waals surface area contributed by atoms with Crippen molar-refractivity contribution in [1.29, 1.82) is 0 Å². The maximum atomic E-state index is 5.39. The fourth-order valence-corrected chi connectivity index (χ4v) is 6.39. The maximum Gasteiger partial charge on any atom is 0.0976 e. The molecule has 196 valence electrons. The summed E-state index contributed by atoms with van der Waals surface area (Å²) >= 11 is 0. The van der Waals surface area contributed by atoms with Crippen LogP contribution >= 0.6 is 0 Å². The summed E-state index contributed by atoms with van der Waals surface area (Å²) in [5.41, 5.74) is 10.5. The SMILES string of the molecule is CC(C)(C)c1c2c(c(-c3ccnnn3)c(-c3ccccc3)c1C(C)(C)C)-c1c3c(ccc1=N2)=c1ccccc1=N3. The lowest BCUT2D eigenvalue weighted by molar-refractivity contribution is 0.533. The van der Waals surface area contributed by atoms with Crippen molar-refractivity contribution in [1.82, 2.24) is 15.4 Å². The van der Waals surface area contributed by atoms with Gasteiger partial charge in [-0.1, -0.05) is 90.1 Å². The highest BCUT2D eigenvalue weighted by Crippen LogP contribution is 2.56. The number of benzene rings is 4. The third-order valence-corrected chi connectivity index (χ3v) is 7.86. The third kappa shape index (κ3) is 3.57. The predicted octanol–water partition coefficient (Wildman–Crippen LogP) is 7.28. The molecule has 0 saturated carbocycles. The van der Waals surface area contributed by atoms with Crippen LogP contribution in [0, 0.1) is 10.4 Å². The molecule has 5 aromatic rings. The van der Waals surface area contributed by atoms with E-state index in [2.05, 4.69) is 118 Å². The molecule has 0 unspecified atom stereocenters. The number of aromatic nitrogens is 3. The molecule has 0 bridgehead atoms. The van der Waals surface area contributed by atoms with E-state index in [1.54, 1.807) is 6.20 Å². The first-order valence-electron chi connectivity index (χ1n) is 13.8. The normalized spacial score (nSPS) is 13.2. The van der Waals surface area contributed by atoms with Gasteiger partial charge in [-0.15, -0.1) is 10.2 Å². The van der Waals surface area contributed by atoms with E-state index >= 15 is 0 Å². The molecule has 0 saturated heterocycles. The molecule has 0 radical (unpaired) electrons. The number of rotatable bonds is 2. The molecule has 5 heteroatoms. The molecule has 2 aliphatic heterocycles. The Hall–Kier alpha value is -4.51. The van der Waals surface area contributed by atoms with Crippen molar-refractivity contribution in [3.05, 3.63) is 111 Å². The minimum Gasteiger partial charge on any atom is -0.247 e. The van der Waals surface area contributed by atoms with Crippen LogP contribution in [0.3, 0.4) is 0 Å². The number of hydrogen-bond acceptors (Lipinski definition) is 5. The Morgan fingerprint density at radius 3 is 1.93 bits per heavy atom. The minimum atomic E-state index is -0.176. The summed E-state index contributed by atoms with van der Waals surface area (Å²) in [6.45, 7) is 13.8. The molecular weight excluding hydrogens is 490 g/mol. The van der Waals surface area contributed by atoms with Crippen LogP contribution in [0.1, 0.15) is 52.7 Å². The lowest BCUT2D eigenvalue weighted by Gasteiger charge is -2.36. The second kappa shape index (κ2) is 8.49. The first-order valence-corrected chi connectivity index (χ1v) is 13.8. The van der Waals surface area contributed by atoms with Crippen molar-refractivity contribution < 1.29 is 0 Å². The van der Waals surface area contributed by atoms with E-state index in [0.29, 0.717) is 0 Å². The summed E-state index contributed by atoms with van der Waals surface area (Å²) < 4.78 is 0. The molecule has 0 atom stereocenters. The van der Waals surface area contributed by atoms with Crippen LogP contribution in [0.25, 0.3) is 33.5 Å². The molecule has 0 spiro atoms. The van der Waals surface area contributed by atoms with Gasteiger partial charge in [0.05, 0.1) is 34.0 Å². The highest BCUT2D eigenvalue weighted by molar-refractivity contribution is 6.05. The first-order chi connectivity index (χ1) is 19.1. The molecule has 0 aliphatic carbocycles. The van der Waals surface area contributed by atoms with Crippen molar-refractivity contribution in [3.63, 3.8) is 0 Å². The van der Waals surface area contributed by atoms with Crippen LogP contribution < -0.4 is 10.7 Å². The Labute approximate surface area is 233 Å². The van der Waals surface area contributed by atoms with Crippen molar-refractivity contribution in [2.24, 2.45) is 9.98 Å². The molecule has 2 aliphatic rings. The summed E-state index contributed by atoms with van der Waals surface area (Å²) in [4.78, 5) is 10.6. The zero-order valence-electron chi connectivity index (χ0n) is 23.7. The van der Waals surface area contributed by atoms with Crippen molar-refractivity contribution in [2.75, 3.05) is 0 Å². The van der Waals surface area contributed by atoms with Gasteiger partial charge in [-0.25, -0.2) is 9.98 Å². The molecule has 40 heavy (non-hydrogen) atoms. The van der Waals surface area contributed by atoms with Gasteiger partial charge in [0.1, 0.15) is 0 Å². The largest absolute Gasteiger partial charge is 0.247 e. The molecule has 5 nitrogen and oxygen atoms in total. The van der Waals surface area contributed by atoms with Crippen LogP contribution in [0.15, 0.2) is 89.0 Å². The predicted molar refractivity (Wildman–Crippen MR) is 159 cm³/mol. The van der Waals surface area contributed by atoms with Gasteiger partial charge in [0.2, 0.25) is 0 Å². The van der Waals surface area contributed by atoms with Crippen LogP contribution in [-0.2, 0) is 10.8 Å². The molecule has 4 aromatic carbocycles. The fourth-order valence-electron chi connectivity index (χ4n) is 6.39. The highest BCUT2D eigenvalue weighted by atomic mass is 15.3. The number of para-hydroxylation sites is 1. The van der Waals surface area contributed by atoms with E-state index in [1.165, 1.54) is 16.7 Å². The topological polar surface area (TPSA) is 63.4 Å². The number of nitrogens with zero attached hydrogens (tertiary/aromatic N) is 5. The molecule has 1 aromatic heterocycles. The summed E-state index contributed by atoms with van der Waals surface area (Å²) in [5.74, 6) is 0. The van der Waals surface area contributed by atoms with E-state index < -0.39 is 0 Å². The van der Waals surface area contributed by atoms with Crippen LogP contribution in [0.2, 0.25) is 0 Å². The van der Waals surface area contributed by atoms with Crippen LogP contribution in [-0.4, -0.2) is 15.4 Å². The molecule has 0 amide bonds. The summed E-state index contributed by atoms with van der Waals surface area (Å²) in [5, 5.41) is 17.0. The number of hydrogen-bond donors (Lipinski definition) is 0. The molecule has 0 fully saturated rings. The van der Waals surface area contributed by atoms with E-state index in [9.17, 15) is 0 Å². The van der Waals surface area contributed by atoms with E-state index in [0.717, 1.165) is 60.5 Å². The van der Waals surface area contributed by atoms with E-state index in [4.69, 9.17) is 9.98 Å². The summed E-state index contributed by atoms with van der Waals surface area (Å²) in [6, 6.07) is 25.3. The van der Waals surface area contributed by atoms with Gasteiger partial charge in [0, 0.05) is 27.1 Å². The smallest absolute Gasteiger partial charge is 0.0976 e.